The SMILES string of the molecule is COC(=O)NC(C(=O)N1CCC[C@H]1c1ncc(-c2ccc3c(c2)C(F)(F)c2cc(-c4ccc5nc([C@@H]6CCCN6C(=O)OC(C)(C)C)[nH]c5c4)ccc2-3)[nH]1)C(C)C. The second-order valence-corrected chi connectivity index (χ2v) is 16.5. The van der Waals surface area contributed by atoms with Crippen LogP contribution in [-0.4, -0.2) is 79.7 Å². The number of imidazole rings is 2. The van der Waals surface area contributed by atoms with E-state index in [0.717, 1.165) is 35.9 Å². The second-order valence-electron chi connectivity index (χ2n) is 16.5. The molecule has 0 radical (unpaired) electrons. The van der Waals surface area contributed by atoms with Gasteiger partial charge >= 0.3 is 12.2 Å². The molecule has 298 valence electrons. The number of ether oxygens (including phenoxy) is 2. The van der Waals surface area contributed by atoms with E-state index in [4.69, 9.17) is 14.5 Å². The van der Waals surface area contributed by atoms with E-state index >= 15 is 8.78 Å². The Balaban J connectivity index is 1.02. The number of hydrogen-bond acceptors (Lipinski definition) is 7. The minimum absolute atomic E-state index is 0.0674. The number of hydrogen-bond donors (Lipinski definition) is 3. The molecule has 57 heavy (non-hydrogen) atoms. The van der Waals surface area contributed by atoms with E-state index in [0.29, 0.717) is 59.1 Å². The van der Waals surface area contributed by atoms with Gasteiger partial charge in [0.2, 0.25) is 5.91 Å². The predicted molar refractivity (Wildman–Crippen MR) is 210 cm³/mol. The maximum Gasteiger partial charge on any atom is 0.410 e. The lowest BCUT2D eigenvalue weighted by Crippen LogP contribution is -2.51. The summed E-state index contributed by atoms with van der Waals surface area (Å²) in [4.78, 5) is 58.0. The second kappa shape index (κ2) is 14.3. The molecule has 3 aliphatic rings. The van der Waals surface area contributed by atoms with Crippen molar-refractivity contribution < 1.29 is 32.6 Å². The Labute approximate surface area is 329 Å². The molecule has 14 heteroatoms. The van der Waals surface area contributed by atoms with E-state index in [1.54, 1.807) is 40.3 Å². The molecule has 2 fully saturated rings. The van der Waals surface area contributed by atoms with Gasteiger partial charge in [-0.2, -0.15) is 8.78 Å². The molecule has 5 aromatic rings. The lowest BCUT2D eigenvalue weighted by molar-refractivity contribution is -0.135. The van der Waals surface area contributed by atoms with Crippen LogP contribution in [0.2, 0.25) is 0 Å². The van der Waals surface area contributed by atoms with Gasteiger partial charge in [0, 0.05) is 29.8 Å². The van der Waals surface area contributed by atoms with Crippen LogP contribution in [0.15, 0.2) is 60.8 Å². The van der Waals surface area contributed by atoms with Crippen LogP contribution in [0.4, 0.5) is 18.4 Å². The largest absolute Gasteiger partial charge is 0.453 e. The summed E-state index contributed by atoms with van der Waals surface area (Å²) in [5.74, 6) is -2.43. The van der Waals surface area contributed by atoms with Gasteiger partial charge in [-0.05, 0) is 98.9 Å². The Hall–Kier alpha value is -5.79. The van der Waals surface area contributed by atoms with Crippen LogP contribution >= 0.6 is 0 Å². The van der Waals surface area contributed by atoms with E-state index < -0.39 is 23.7 Å². The number of benzene rings is 3. The predicted octanol–water partition coefficient (Wildman–Crippen LogP) is 8.86. The first-order valence-corrected chi connectivity index (χ1v) is 19.5. The van der Waals surface area contributed by atoms with Gasteiger partial charge in [0.1, 0.15) is 23.3 Å². The molecule has 3 N–H and O–H groups in total. The minimum atomic E-state index is -3.26. The van der Waals surface area contributed by atoms with Crippen molar-refractivity contribution >= 4 is 29.1 Å². The molecular formula is C43H47F2N7O5. The fraction of sp³-hybridized carbons (Fsp3) is 0.419. The van der Waals surface area contributed by atoms with Crippen LogP contribution in [0.25, 0.3) is 44.5 Å². The highest BCUT2D eigenvalue weighted by molar-refractivity contribution is 5.88. The Bertz CT molecular complexity index is 2380. The van der Waals surface area contributed by atoms with Crippen LogP contribution in [0.5, 0.6) is 0 Å². The number of halogens is 2. The van der Waals surface area contributed by atoms with Gasteiger partial charge in [0.05, 0.1) is 42.1 Å². The van der Waals surface area contributed by atoms with Crippen LogP contribution in [0.3, 0.4) is 0 Å². The number of aromatic amines is 2. The van der Waals surface area contributed by atoms with Gasteiger partial charge in [-0.15, -0.1) is 0 Å². The van der Waals surface area contributed by atoms with E-state index in [-0.39, 0.29) is 41.1 Å². The summed E-state index contributed by atoms with van der Waals surface area (Å²) in [6.45, 7) is 10.3. The summed E-state index contributed by atoms with van der Waals surface area (Å²) < 4.78 is 43.3. The number of alkyl carbamates (subject to hydrolysis) is 1. The number of nitrogens with one attached hydrogen (secondary N) is 3. The third-order valence-corrected chi connectivity index (χ3v) is 11.2. The van der Waals surface area contributed by atoms with Crippen molar-refractivity contribution in [3.63, 3.8) is 0 Å². The van der Waals surface area contributed by atoms with Crippen molar-refractivity contribution in [1.82, 2.24) is 35.1 Å². The maximum absolute atomic E-state index is 16.4. The van der Waals surface area contributed by atoms with Crippen molar-refractivity contribution in [2.45, 2.75) is 90.0 Å². The number of aromatic nitrogens is 4. The van der Waals surface area contributed by atoms with E-state index in [1.807, 2.05) is 58.9 Å². The fourth-order valence-electron chi connectivity index (χ4n) is 8.37. The summed E-state index contributed by atoms with van der Waals surface area (Å²) in [5.41, 5.74) is 4.17. The lowest BCUT2D eigenvalue weighted by Gasteiger charge is -2.30. The third kappa shape index (κ3) is 6.99. The number of methoxy groups -OCH3 is 1. The molecule has 4 heterocycles. The Morgan fingerprint density at radius 2 is 1.47 bits per heavy atom. The summed E-state index contributed by atoms with van der Waals surface area (Å²) in [6.07, 6.45) is 3.58. The van der Waals surface area contributed by atoms with Crippen LogP contribution in [0, 0.1) is 5.92 Å². The molecule has 0 saturated carbocycles. The quantitative estimate of drug-likeness (QED) is 0.150. The van der Waals surface area contributed by atoms with Crippen molar-refractivity contribution in [1.29, 1.82) is 0 Å². The summed E-state index contributed by atoms with van der Waals surface area (Å²) in [6, 6.07) is 14.5. The smallest absolute Gasteiger partial charge is 0.410 e. The van der Waals surface area contributed by atoms with Crippen LogP contribution in [-0.2, 0) is 20.2 Å². The van der Waals surface area contributed by atoms with Crippen molar-refractivity contribution in [2.24, 2.45) is 5.92 Å². The molecule has 2 saturated heterocycles. The molecule has 12 nitrogen and oxygen atoms in total. The van der Waals surface area contributed by atoms with Crippen LogP contribution in [0.1, 0.15) is 95.2 Å². The number of carbonyl (C=O) groups is 3. The first kappa shape index (κ1) is 38.1. The number of nitrogens with zero attached hydrogens (tertiary/aromatic N) is 4. The average molecular weight is 780 g/mol. The standard InChI is InChI=1S/C43H47F2N7O5/c1-23(2)36(50-40(54)56-6)39(53)51-17-7-9-34(51)37-46-22-33(49-37)26-12-15-28-27-14-11-24(19-29(27)43(44,45)30(28)20-26)25-13-16-31-32(21-25)48-38(47-31)35-10-8-18-52(35)41(55)57-42(3,4)5/h11-16,19-23,34-36H,7-10,17-18H2,1-6H3,(H,46,49)(H,47,48)(H,50,54)/t34-,35-,36?/m0/s1. The molecule has 0 bridgehead atoms. The van der Waals surface area contributed by atoms with Gasteiger partial charge < -0.3 is 29.7 Å². The zero-order valence-corrected chi connectivity index (χ0v) is 32.9. The molecule has 3 amide bonds. The van der Waals surface area contributed by atoms with Crippen molar-refractivity contribution in [3.8, 4) is 33.5 Å². The molecule has 1 aliphatic carbocycles. The molecule has 3 aromatic carbocycles. The number of likely N-dealkylation sites (tertiary alicyclic amines) is 2. The first-order valence-electron chi connectivity index (χ1n) is 19.5. The molecule has 2 aliphatic heterocycles. The molecule has 2 aromatic heterocycles. The highest BCUT2D eigenvalue weighted by atomic mass is 19.3. The highest BCUT2D eigenvalue weighted by Gasteiger charge is 2.45. The number of fused-ring (bicyclic) bond motifs is 4. The Morgan fingerprint density at radius 1 is 0.860 bits per heavy atom. The topological polar surface area (TPSA) is 146 Å². The molecule has 8 rings (SSSR count). The fourth-order valence-corrected chi connectivity index (χ4v) is 8.37. The van der Waals surface area contributed by atoms with Crippen molar-refractivity contribution in [3.05, 3.63) is 83.6 Å². The van der Waals surface area contributed by atoms with Gasteiger partial charge in [-0.3, -0.25) is 9.69 Å². The van der Waals surface area contributed by atoms with E-state index in [2.05, 4.69) is 20.3 Å². The van der Waals surface area contributed by atoms with Gasteiger partial charge in [0.25, 0.3) is 5.92 Å². The third-order valence-electron chi connectivity index (χ3n) is 11.2. The van der Waals surface area contributed by atoms with E-state index in [9.17, 15) is 14.4 Å². The summed E-state index contributed by atoms with van der Waals surface area (Å²) in [7, 11) is 1.25. The van der Waals surface area contributed by atoms with Crippen LogP contribution < -0.4 is 5.32 Å². The Kier molecular flexibility index (Phi) is 9.56. The average Bonchev–Trinajstić information content (AvgIpc) is 4.02. The Morgan fingerprint density at radius 3 is 2.14 bits per heavy atom. The van der Waals surface area contributed by atoms with E-state index in [1.165, 1.54) is 13.2 Å². The normalized spacial score (nSPS) is 19.2. The first-order chi connectivity index (χ1) is 27.1. The molecular weight excluding hydrogens is 733 g/mol. The van der Waals surface area contributed by atoms with Gasteiger partial charge in [-0.25, -0.2) is 19.6 Å². The number of rotatable bonds is 7. The highest BCUT2D eigenvalue weighted by Crippen LogP contribution is 2.53. The number of carbonyl (C=O) groups excluding carboxylic acids is 3. The zero-order chi connectivity index (χ0) is 40.4. The number of alkyl halides is 2. The monoisotopic (exact) mass is 779 g/mol. The number of amides is 3. The van der Waals surface area contributed by atoms with Gasteiger partial charge in [-0.1, -0.05) is 44.2 Å². The number of H-pyrrole nitrogens is 2. The van der Waals surface area contributed by atoms with Gasteiger partial charge in [0.15, 0.2) is 0 Å². The lowest BCUT2D eigenvalue weighted by atomic mass is 9.98. The minimum Gasteiger partial charge on any atom is -0.453 e. The summed E-state index contributed by atoms with van der Waals surface area (Å²) in [5, 5.41) is 2.65. The van der Waals surface area contributed by atoms with Crippen molar-refractivity contribution in [2.75, 3.05) is 20.2 Å². The molecule has 3 atom stereocenters. The molecule has 0 spiro atoms. The molecule has 1 unspecified atom stereocenters. The maximum atomic E-state index is 16.4. The summed E-state index contributed by atoms with van der Waals surface area (Å²) >= 11 is 0. The zero-order valence-electron chi connectivity index (χ0n) is 32.9.